The van der Waals surface area contributed by atoms with Crippen molar-refractivity contribution in [1.82, 2.24) is 25.0 Å². The van der Waals surface area contributed by atoms with Crippen molar-refractivity contribution in [2.75, 3.05) is 18.0 Å². The van der Waals surface area contributed by atoms with Crippen LogP contribution in [0.15, 0.2) is 5.16 Å². The molecule has 3 N–H and O–H groups in total. The van der Waals surface area contributed by atoms with Crippen LogP contribution >= 0.6 is 11.8 Å². The molecular weight excluding hydrogens is 292 g/mol. The predicted molar refractivity (Wildman–Crippen MR) is 79.9 cm³/mol. The van der Waals surface area contributed by atoms with E-state index in [1.165, 1.54) is 16.7 Å². The molecule has 1 fully saturated rings. The van der Waals surface area contributed by atoms with Gasteiger partial charge in [0.15, 0.2) is 5.16 Å². The quantitative estimate of drug-likeness (QED) is 0.617. The number of nitrogens with two attached hydrogens (primary N) is 1. The van der Waals surface area contributed by atoms with Crippen LogP contribution in [0.1, 0.15) is 33.7 Å². The summed E-state index contributed by atoms with van der Waals surface area (Å²) < 4.78 is 1.82. The molecule has 1 aliphatic rings. The summed E-state index contributed by atoms with van der Waals surface area (Å²) in [7, 11) is 0. The zero-order chi connectivity index (χ0) is 15.8. The number of nitrogens with zero attached hydrogens (tertiary/aromatic N) is 4. The molecule has 2 heterocycles. The van der Waals surface area contributed by atoms with Gasteiger partial charge in [-0.25, -0.2) is 4.79 Å². The average molecular weight is 312 g/mol. The maximum Gasteiger partial charge on any atom is 0.325 e. The van der Waals surface area contributed by atoms with Gasteiger partial charge in [0.2, 0.25) is 5.95 Å². The molecule has 21 heavy (non-hydrogen) atoms. The molecule has 1 aromatic rings. The molecule has 0 radical (unpaired) electrons. The number of nitrogens with one attached hydrogen (secondary N) is 1. The van der Waals surface area contributed by atoms with Gasteiger partial charge in [0.25, 0.3) is 5.91 Å². The molecule has 0 unspecified atom stereocenters. The van der Waals surface area contributed by atoms with Gasteiger partial charge in [-0.3, -0.25) is 14.3 Å². The fraction of sp³-hybridized carbons (Fsp3) is 0.667. The molecule has 1 aliphatic heterocycles. The van der Waals surface area contributed by atoms with Gasteiger partial charge in [0.05, 0.1) is 0 Å². The Bertz CT molecular complexity index is 568. The Morgan fingerprint density at radius 1 is 1.33 bits per heavy atom. The molecule has 0 aliphatic carbocycles. The van der Waals surface area contributed by atoms with Crippen LogP contribution in [-0.4, -0.2) is 49.4 Å². The van der Waals surface area contributed by atoms with Gasteiger partial charge in [0.1, 0.15) is 5.54 Å². The molecule has 1 aromatic heterocycles. The van der Waals surface area contributed by atoms with Crippen molar-refractivity contribution in [2.24, 2.45) is 0 Å². The summed E-state index contributed by atoms with van der Waals surface area (Å²) in [6.45, 7) is 7.68. The molecular formula is C12H20N6O2S. The van der Waals surface area contributed by atoms with E-state index in [-0.39, 0.29) is 18.0 Å². The van der Waals surface area contributed by atoms with Crippen molar-refractivity contribution in [3.8, 4) is 0 Å². The van der Waals surface area contributed by atoms with Crippen molar-refractivity contribution in [3.05, 3.63) is 0 Å². The summed E-state index contributed by atoms with van der Waals surface area (Å²) >= 11 is 1.42. The fourth-order valence-corrected chi connectivity index (χ4v) is 3.12. The minimum atomic E-state index is -0.829. The second-order valence-electron chi connectivity index (χ2n) is 5.66. The van der Waals surface area contributed by atoms with Gasteiger partial charge in [-0.05, 0) is 27.7 Å². The molecule has 8 nitrogen and oxygen atoms in total. The average Bonchev–Trinajstić information content (AvgIpc) is 2.82. The van der Waals surface area contributed by atoms with Crippen LogP contribution in [0.25, 0.3) is 0 Å². The molecule has 0 aromatic carbocycles. The highest BCUT2D eigenvalue weighted by Crippen LogP contribution is 2.23. The number of hydrogen-bond acceptors (Lipinski definition) is 6. The predicted octanol–water partition coefficient (Wildman–Crippen LogP) is 0.864. The maximum absolute atomic E-state index is 12.0. The summed E-state index contributed by atoms with van der Waals surface area (Å²) in [6.07, 6.45) is 0. The van der Waals surface area contributed by atoms with E-state index in [0.717, 1.165) is 0 Å². The number of aromatic nitrogens is 3. The van der Waals surface area contributed by atoms with Crippen LogP contribution < -0.4 is 11.1 Å². The summed E-state index contributed by atoms with van der Waals surface area (Å²) in [5.41, 5.74) is 4.93. The van der Waals surface area contributed by atoms with E-state index in [4.69, 9.17) is 5.73 Å². The SMILES string of the molecule is CC(C)n1c(N)nnc1SCCN1C(=O)NC(C)(C)C1=O. The van der Waals surface area contributed by atoms with Gasteiger partial charge >= 0.3 is 6.03 Å². The lowest BCUT2D eigenvalue weighted by molar-refractivity contribution is -0.130. The van der Waals surface area contributed by atoms with Gasteiger partial charge in [-0.2, -0.15) is 0 Å². The number of anilines is 1. The lowest BCUT2D eigenvalue weighted by atomic mass is 10.1. The zero-order valence-corrected chi connectivity index (χ0v) is 13.4. The number of rotatable bonds is 5. The van der Waals surface area contributed by atoms with Gasteiger partial charge in [-0.15, -0.1) is 10.2 Å². The fourth-order valence-electron chi connectivity index (χ4n) is 2.12. The Morgan fingerprint density at radius 2 is 2.00 bits per heavy atom. The third-order valence-electron chi connectivity index (χ3n) is 3.20. The van der Waals surface area contributed by atoms with Gasteiger partial charge < -0.3 is 11.1 Å². The topological polar surface area (TPSA) is 106 Å². The number of amides is 3. The van der Waals surface area contributed by atoms with E-state index in [0.29, 0.717) is 23.4 Å². The molecule has 3 amide bonds. The first-order valence-corrected chi connectivity index (χ1v) is 7.70. The third-order valence-corrected chi connectivity index (χ3v) is 4.12. The lowest BCUT2D eigenvalue weighted by Crippen LogP contribution is -2.40. The highest BCUT2D eigenvalue weighted by molar-refractivity contribution is 7.99. The van der Waals surface area contributed by atoms with E-state index < -0.39 is 5.54 Å². The van der Waals surface area contributed by atoms with Crippen LogP contribution in [0.4, 0.5) is 10.7 Å². The third kappa shape index (κ3) is 2.97. The van der Waals surface area contributed by atoms with Gasteiger partial charge in [0, 0.05) is 18.3 Å². The van der Waals surface area contributed by atoms with Crippen LogP contribution in [0.5, 0.6) is 0 Å². The summed E-state index contributed by atoms with van der Waals surface area (Å²) in [6, 6.07) is -0.200. The van der Waals surface area contributed by atoms with E-state index in [1.54, 1.807) is 13.8 Å². The first-order valence-electron chi connectivity index (χ1n) is 6.71. The van der Waals surface area contributed by atoms with E-state index in [1.807, 2.05) is 18.4 Å². The molecule has 116 valence electrons. The number of nitrogen functional groups attached to an aromatic ring is 1. The molecule has 2 rings (SSSR count). The first-order chi connectivity index (χ1) is 9.74. The first kappa shape index (κ1) is 15.6. The normalized spacial score (nSPS) is 17.7. The monoisotopic (exact) mass is 312 g/mol. The van der Waals surface area contributed by atoms with Crippen LogP contribution in [0.2, 0.25) is 0 Å². The summed E-state index contributed by atoms with van der Waals surface area (Å²) in [5.74, 6) is 0.696. The molecule has 0 spiro atoms. The summed E-state index contributed by atoms with van der Waals surface area (Å²) in [4.78, 5) is 25.0. The van der Waals surface area contributed by atoms with Crippen molar-refractivity contribution < 1.29 is 9.59 Å². The molecule has 0 saturated carbocycles. The van der Waals surface area contributed by atoms with Gasteiger partial charge in [-0.1, -0.05) is 11.8 Å². The van der Waals surface area contributed by atoms with Crippen LogP contribution in [0.3, 0.4) is 0 Å². The molecule has 1 saturated heterocycles. The molecule has 9 heteroatoms. The number of carbonyl (C=O) groups is 2. The molecule has 0 atom stereocenters. The highest BCUT2D eigenvalue weighted by Gasteiger charge is 2.43. The van der Waals surface area contributed by atoms with Crippen molar-refractivity contribution in [1.29, 1.82) is 0 Å². The molecule has 0 bridgehead atoms. The van der Waals surface area contributed by atoms with Crippen molar-refractivity contribution >= 4 is 29.6 Å². The Labute approximate surface area is 127 Å². The van der Waals surface area contributed by atoms with Crippen molar-refractivity contribution in [2.45, 2.75) is 44.4 Å². The maximum atomic E-state index is 12.0. The number of hydrogen-bond donors (Lipinski definition) is 2. The highest BCUT2D eigenvalue weighted by atomic mass is 32.2. The number of carbonyl (C=O) groups excluding carboxylic acids is 2. The lowest BCUT2D eigenvalue weighted by Gasteiger charge is -2.16. The number of urea groups is 1. The largest absolute Gasteiger partial charge is 0.368 e. The van der Waals surface area contributed by atoms with E-state index >= 15 is 0 Å². The minimum absolute atomic E-state index is 0.151. The zero-order valence-electron chi connectivity index (χ0n) is 12.6. The Balaban J connectivity index is 1.97. The second kappa shape index (κ2) is 5.55. The smallest absolute Gasteiger partial charge is 0.325 e. The van der Waals surface area contributed by atoms with Crippen LogP contribution in [-0.2, 0) is 4.79 Å². The summed E-state index contributed by atoms with van der Waals surface area (Å²) in [5, 5.41) is 11.2. The van der Waals surface area contributed by atoms with E-state index in [9.17, 15) is 9.59 Å². The second-order valence-corrected chi connectivity index (χ2v) is 6.73. The van der Waals surface area contributed by atoms with Crippen molar-refractivity contribution in [3.63, 3.8) is 0 Å². The minimum Gasteiger partial charge on any atom is -0.368 e. The van der Waals surface area contributed by atoms with E-state index in [2.05, 4.69) is 15.5 Å². The van der Waals surface area contributed by atoms with Crippen LogP contribution in [0, 0.1) is 0 Å². The Kier molecular flexibility index (Phi) is 4.13. The Hall–Kier alpha value is -1.77. The standard InChI is InChI=1S/C12H20N6O2S/c1-7(2)18-9(13)15-16-11(18)21-6-5-17-8(19)12(3,4)14-10(17)20/h7H,5-6H2,1-4H3,(H2,13,15)(H,14,20). The Morgan fingerprint density at radius 3 is 2.52 bits per heavy atom. The number of thioether (sulfide) groups is 1. The number of imide groups is 1.